The zero-order chi connectivity index (χ0) is 18.2. The molecule has 0 aliphatic rings. The molecule has 0 aromatic rings. The van der Waals surface area contributed by atoms with Gasteiger partial charge in [-0.05, 0) is 0 Å². The molecule has 6 nitrogen and oxygen atoms in total. The first-order chi connectivity index (χ1) is 8.83. The Morgan fingerprint density at radius 3 is 0.545 bits per heavy atom. The fourth-order valence-electron chi connectivity index (χ4n) is 0. The summed E-state index contributed by atoms with van der Waals surface area (Å²) >= 11 is 0. The third kappa shape index (κ3) is 22.2. The van der Waals surface area contributed by atoms with Gasteiger partial charge >= 0.3 is 46.9 Å². The van der Waals surface area contributed by atoms with Crippen LogP contribution in [-0.2, 0) is 14.4 Å². The summed E-state index contributed by atoms with van der Waals surface area (Å²) in [6.07, 6.45) is 0. The molecule has 0 saturated carbocycles. The standard InChI is InChI=1S/3C5H10O2.Yb/c3*1-5(2,3)4(6)7;/h3*1-3H3,(H,6,7);/q;;;+3/p-3. The second kappa shape index (κ2) is 11.5. The first kappa shape index (κ1) is 29.9. The van der Waals surface area contributed by atoms with Gasteiger partial charge in [0.05, 0.1) is 0 Å². The van der Waals surface area contributed by atoms with Crippen LogP contribution in [0.1, 0.15) is 62.3 Å². The number of carboxylic acid groups (broad SMARTS) is 3. The zero-order valence-electron chi connectivity index (χ0n) is 14.7. The van der Waals surface area contributed by atoms with E-state index in [-0.39, 0.29) is 46.9 Å². The Kier molecular flexibility index (Phi) is 15.6. The Labute approximate surface area is 171 Å². The molecular formula is C15H27O6Yb. The predicted molar refractivity (Wildman–Crippen MR) is 73.4 cm³/mol. The number of aliphatic carboxylic acids is 3. The minimum atomic E-state index is -1.01. The van der Waals surface area contributed by atoms with E-state index in [0.717, 1.165) is 0 Å². The first-order valence-electron chi connectivity index (χ1n) is 6.47. The molecule has 0 aliphatic carbocycles. The summed E-state index contributed by atoms with van der Waals surface area (Å²) in [6.45, 7) is 14.4. The van der Waals surface area contributed by atoms with Gasteiger partial charge in [-0.1, -0.05) is 62.3 Å². The normalized spacial score (nSPS) is 10.8. The van der Waals surface area contributed by atoms with Gasteiger partial charge in [-0.3, -0.25) is 0 Å². The fourth-order valence-corrected chi connectivity index (χ4v) is 0. The van der Waals surface area contributed by atoms with E-state index >= 15 is 0 Å². The van der Waals surface area contributed by atoms with Crippen molar-refractivity contribution in [3.63, 3.8) is 0 Å². The largest absolute Gasteiger partial charge is 3.00 e. The van der Waals surface area contributed by atoms with Crippen molar-refractivity contribution in [1.29, 1.82) is 0 Å². The van der Waals surface area contributed by atoms with E-state index in [1.807, 2.05) is 0 Å². The van der Waals surface area contributed by atoms with Gasteiger partial charge in [-0.25, -0.2) is 0 Å². The Bertz CT molecular complexity index is 299. The topological polar surface area (TPSA) is 120 Å². The monoisotopic (exact) mass is 477 g/mol. The van der Waals surface area contributed by atoms with Gasteiger partial charge in [0.1, 0.15) is 0 Å². The summed E-state index contributed by atoms with van der Waals surface area (Å²) in [4.78, 5) is 29.7. The van der Waals surface area contributed by atoms with Gasteiger partial charge in [0.25, 0.3) is 0 Å². The Morgan fingerprint density at radius 2 is 0.545 bits per heavy atom. The molecule has 0 spiro atoms. The number of hydrogen-bond donors (Lipinski definition) is 0. The first-order valence-corrected chi connectivity index (χ1v) is 6.47. The summed E-state index contributed by atoms with van der Waals surface area (Å²) < 4.78 is 0. The molecule has 0 N–H and O–H groups in total. The van der Waals surface area contributed by atoms with E-state index in [9.17, 15) is 29.7 Å². The molecule has 1 radical (unpaired) electrons. The van der Waals surface area contributed by atoms with Crippen molar-refractivity contribution in [2.24, 2.45) is 16.2 Å². The summed E-state index contributed by atoms with van der Waals surface area (Å²) in [7, 11) is 0. The van der Waals surface area contributed by atoms with Crippen molar-refractivity contribution in [3.8, 4) is 0 Å². The molecule has 0 unspecified atom stereocenters. The molecule has 0 aliphatic heterocycles. The average Bonchev–Trinajstić information content (AvgIpc) is 2.14. The van der Waals surface area contributed by atoms with E-state index in [4.69, 9.17) is 0 Å². The van der Waals surface area contributed by atoms with Crippen LogP contribution >= 0.6 is 0 Å². The molecule has 0 saturated heterocycles. The minimum Gasteiger partial charge on any atom is -0.550 e. The molecule has 0 aromatic carbocycles. The summed E-state index contributed by atoms with van der Waals surface area (Å²) in [5, 5.41) is 29.7. The van der Waals surface area contributed by atoms with Crippen LogP contribution in [0.25, 0.3) is 0 Å². The molecule has 0 heterocycles. The third-order valence-corrected chi connectivity index (χ3v) is 1.84. The van der Waals surface area contributed by atoms with Crippen LogP contribution in [0, 0.1) is 63.2 Å². The van der Waals surface area contributed by atoms with Gasteiger partial charge in [0, 0.05) is 34.2 Å². The van der Waals surface area contributed by atoms with Crippen LogP contribution in [0.5, 0.6) is 0 Å². The summed E-state index contributed by atoms with van der Waals surface area (Å²) in [5.74, 6) is -3.02. The fraction of sp³-hybridized carbons (Fsp3) is 0.800. The average molecular weight is 476 g/mol. The van der Waals surface area contributed by atoms with E-state index in [1.165, 1.54) is 0 Å². The zero-order valence-corrected chi connectivity index (χ0v) is 16.4. The third-order valence-electron chi connectivity index (χ3n) is 1.84. The number of carbonyl (C=O) groups excluding carboxylic acids is 3. The summed E-state index contributed by atoms with van der Waals surface area (Å²) in [5.41, 5.74) is -2.08. The van der Waals surface area contributed by atoms with E-state index < -0.39 is 34.2 Å². The molecule has 0 fully saturated rings. The Hall–Kier alpha value is -0.0705. The van der Waals surface area contributed by atoms with Crippen LogP contribution in [0.3, 0.4) is 0 Å². The van der Waals surface area contributed by atoms with E-state index in [1.54, 1.807) is 62.3 Å². The number of carbonyl (C=O) groups is 3. The SMILES string of the molecule is CC(C)(C)C(=O)[O-].CC(C)(C)C(=O)[O-].CC(C)(C)C(=O)[O-].[Yb+3]. The van der Waals surface area contributed by atoms with E-state index in [2.05, 4.69) is 0 Å². The maximum atomic E-state index is 9.91. The van der Waals surface area contributed by atoms with Crippen molar-refractivity contribution in [1.82, 2.24) is 0 Å². The van der Waals surface area contributed by atoms with Crippen LogP contribution in [0.2, 0.25) is 0 Å². The molecule has 0 bridgehead atoms. The Balaban J connectivity index is -0.000000108. The second-order valence-corrected chi connectivity index (χ2v) is 7.61. The van der Waals surface area contributed by atoms with Crippen LogP contribution < -0.4 is 15.3 Å². The molecular weight excluding hydrogens is 449 g/mol. The van der Waals surface area contributed by atoms with Crippen molar-refractivity contribution < 1.29 is 76.6 Å². The quantitative estimate of drug-likeness (QED) is 0.458. The number of rotatable bonds is 0. The predicted octanol–water partition coefficient (Wildman–Crippen LogP) is -0.653. The van der Waals surface area contributed by atoms with Crippen LogP contribution in [0.4, 0.5) is 0 Å². The van der Waals surface area contributed by atoms with Crippen molar-refractivity contribution in [2.75, 3.05) is 0 Å². The number of hydrogen-bond acceptors (Lipinski definition) is 6. The van der Waals surface area contributed by atoms with Crippen LogP contribution in [-0.4, -0.2) is 17.9 Å². The second-order valence-electron chi connectivity index (χ2n) is 7.61. The molecule has 0 atom stereocenters. The van der Waals surface area contributed by atoms with Gasteiger partial charge in [-0.15, -0.1) is 0 Å². The smallest absolute Gasteiger partial charge is 0.550 e. The number of carboxylic acids is 3. The molecule has 137 valence electrons. The van der Waals surface area contributed by atoms with Gasteiger partial charge in [0.15, 0.2) is 0 Å². The van der Waals surface area contributed by atoms with Crippen molar-refractivity contribution in [2.45, 2.75) is 62.3 Å². The minimum absolute atomic E-state index is 0. The van der Waals surface area contributed by atoms with E-state index in [0.29, 0.717) is 0 Å². The molecule has 0 amide bonds. The summed E-state index contributed by atoms with van der Waals surface area (Å²) in [6, 6.07) is 0. The maximum Gasteiger partial charge on any atom is 3.00 e. The van der Waals surface area contributed by atoms with Crippen LogP contribution in [0.15, 0.2) is 0 Å². The molecule has 0 aromatic heterocycles. The van der Waals surface area contributed by atoms with Gasteiger partial charge < -0.3 is 29.7 Å². The Morgan fingerprint density at radius 1 is 0.500 bits per heavy atom. The maximum absolute atomic E-state index is 9.91. The van der Waals surface area contributed by atoms with Gasteiger partial charge in [-0.2, -0.15) is 0 Å². The molecule has 22 heavy (non-hydrogen) atoms. The molecule has 0 rings (SSSR count). The molecule has 7 heteroatoms. The van der Waals surface area contributed by atoms with Gasteiger partial charge in [0.2, 0.25) is 0 Å². The van der Waals surface area contributed by atoms with Crippen molar-refractivity contribution >= 4 is 17.9 Å². The van der Waals surface area contributed by atoms with Crippen molar-refractivity contribution in [3.05, 3.63) is 0 Å².